The average molecular weight is 364 g/mol. The monoisotopic (exact) mass is 364 g/mol. The van der Waals surface area contributed by atoms with Crippen LogP contribution in [-0.4, -0.2) is 31.3 Å². The number of H-pyrrole nitrogens is 2. The van der Waals surface area contributed by atoms with Crippen molar-refractivity contribution >= 4 is 11.6 Å². The van der Waals surface area contributed by atoms with Gasteiger partial charge in [0.25, 0.3) is 5.56 Å². The summed E-state index contributed by atoms with van der Waals surface area (Å²) in [6.07, 6.45) is 3.18. The topological polar surface area (TPSA) is 116 Å². The van der Waals surface area contributed by atoms with Gasteiger partial charge in [0.15, 0.2) is 0 Å². The van der Waals surface area contributed by atoms with Crippen LogP contribution in [0.2, 0.25) is 0 Å². The van der Waals surface area contributed by atoms with Crippen LogP contribution in [0.4, 0.5) is 5.69 Å². The summed E-state index contributed by atoms with van der Waals surface area (Å²) in [4.78, 5) is 31.8. The molecule has 0 fully saturated rings. The number of carbonyl (C=O) groups excluding carboxylic acids is 1. The first kappa shape index (κ1) is 17.1. The molecule has 0 spiro atoms. The lowest BCUT2D eigenvalue weighted by atomic mass is 9.89. The summed E-state index contributed by atoms with van der Waals surface area (Å²) in [6, 6.07) is 8.79. The highest BCUT2D eigenvalue weighted by atomic mass is 16.2. The minimum Gasteiger partial charge on any atom is -0.325 e. The Labute approximate surface area is 155 Å². The van der Waals surface area contributed by atoms with Gasteiger partial charge in [-0.15, -0.1) is 0 Å². The molecule has 8 heteroatoms. The standard InChI is InChI=1S/C19H20N6O2/c1-2-12-10-16(26)22-18(20-12)11-5-3-6-13(9-11)21-19(27)14-7-4-8-15-17(14)24-25-23-15/h3,5-6,9-10,14H,2,4,7-8H2,1H3,(H,21,27)(H,20,22,26)(H,23,24,25). The molecule has 1 aliphatic carbocycles. The fourth-order valence-corrected chi connectivity index (χ4v) is 3.39. The zero-order chi connectivity index (χ0) is 18.8. The summed E-state index contributed by atoms with van der Waals surface area (Å²) in [5.74, 6) is 0.0789. The molecule has 1 aromatic carbocycles. The Bertz CT molecular complexity index is 1040. The summed E-state index contributed by atoms with van der Waals surface area (Å²) in [7, 11) is 0. The van der Waals surface area contributed by atoms with Gasteiger partial charge < -0.3 is 10.3 Å². The van der Waals surface area contributed by atoms with Crippen molar-refractivity contribution in [2.75, 3.05) is 5.32 Å². The number of rotatable bonds is 4. The van der Waals surface area contributed by atoms with Crippen molar-refractivity contribution in [3.63, 3.8) is 0 Å². The molecule has 138 valence electrons. The van der Waals surface area contributed by atoms with Crippen LogP contribution in [0.5, 0.6) is 0 Å². The normalized spacial score (nSPS) is 16.0. The second kappa shape index (κ2) is 7.14. The number of aryl methyl sites for hydroxylation is 2. The van der Waals surface area contributed by atoms with Gasteiger partial charge in [0, 0.05) is 23.0 Å². The summed E-state index contributed by atoms with van der Waals surface area (Å²) in [6.45, 7) is 1.95. The molecule has 4 rings (SSSR count). The third kappa shape index (κ3) is 3.51. The van der Waals surface area contributed by atoms with Gasteiger partial charge in [0.1, 0.15) is 5.82 Å². The minimum atomic E-state index is -0.308. The molecule has 1 unspecified atom stereocenters. The van der Waals surface area contributed by atoms with Crippen LogP contribution < -0.4 is 10.9 Å². The minimum absolute atomic E-state index is 0.106. The maximum absolute atomic E-state index is 12.8. The molecular formula is C19H20N6O2. The van der Waals surface area contributed by atoms with Gasteiger partial charge in [-0.05, 0) is 37.8 Å². The van der Waals surface area contributed by atoms with Crippen LogP contribution in [0.25, 0.3) is 11.4 Å². The van der Waals surface area contributed by atoms with E-state index in [1.54, 1.807) is 0 Å². The maximum Gasteiger partial charge on any atom is 0.251 e. The van der Waals surface area contributed by atoms with Gasteiger partial charge in [0.2, 0.25) is 5.91 Å². The lowest BCUT2D eigenvalue weighted by Gasteiger charge is -2.19. The van der Waals surface area contributed by atoms with Crippen LogP contribution in [-0.2, 0) is 17.6 Å². The average Bonchev–Trinajstić information content (AvgIpc) is 3.16. The molecule has 2 aromatic heterocycles. The first-order valence-corrected chi connectivity index (χ1v) is 9.05. The number of anilines is 1. The van der Waals surface area contributed by atoms with Crippen molar-refractivity contribution in [2.45, 2.75) is 38.5 Å². The van der Waals surface area contributed by atoms with Gasteiger partial charge in [-0.3, -0.25) is 9.59 Å². The smallest absolute Gasteiger partial charge is 0.251 e. The number of carbonyl (C=O) groups is 1. The van der Waals surface area contributed by atoms with E-state index < -0.39 is 0 Å². The Hall–Kier alpha value is -3.29. The predicted octanol–water partition coefficient (Wildman–Crippen LogP) is 2.18. The second-order valence-corrected chi connectivity index (χ2v) is 6.61. The van der Waals surface area contributed by atoms with E-state index in [-0.39, 0.29) is 17.4 Å². The predicted molar refractivity (Wildman–Crippen MR) is 100 cm³/mol. The molecular weight excluding hydrogens is 344 g/mol. The Morgan fingerprint density at radius 1 is 1.30 bits per heavy atom. The van der Waals surface area contributed by atoms with E-state index in [0.717, 1.165) is 41.9 Å². The van der Waals surface area contributed by atoms with E-state index >= 15 is 0 Å². The molecule has 1 aliphatic rings. The fraction of sp³-hybridized carbons (Fsp3) is 0.316. The number of hydrogen-bond donors (Lipinski definition) is 3. The molecule has 0 radical (unpaired) electrons. The van der Waals surface area contributed by atoms with Crippen molar-refractivity contribution < 1.29 is 4.79 Å². The molecule has 1 amide bonds. The molecule has 8 nitrogen and oxygen atoms in total. The molecule has 0 saturated heterocycles. The highest BCUT2D eigenvalue weighted by Gasteiger charge is 2.29. The van der Waals surface area contributed by atoms with Crippen LogP contribution in [0.3, 0.4) is 0 Å². The first-order valence-electron chi connectivity index (χ1n) is 9.05. The summed E-state index contributed by atoms with van der Waals surface area (Å²) in [5, 5.41) is 13.8. The number of aromatic amines is 2. The molecule has 3 N–H and O–H groups in total. The number of nitrogens with one attached hydrogen (secondary N) is 3. The van der Waals surface area contributed by atoms with Crippen molar-refractivity contribution in [2.24, 2.45) is 0 Å². The summed E-state index contributed by atoms with van der Waals surface area (Å²) in [5.41, 5.74) is 3.53. The number of nitrogens with zero attached hydrogens (tertiary/aromatic N) is 3. The van der Waals surface area contributed by atoms with E-state index in [4.69, 9.17) is 0 Å². The third-order valence-corrected chi connectivity index (χ3v) is 4.76. The largest absolute Gasteiger partial charge is 0.325 e. The zero-order valence-corrected chi connectivity index (χ0v) is 15.0. The van der Waals surface area contributed by atoms with Gasteiger partial charge >= 0.3 is 0 Å². The van der Waals surface area contributed by atoms with Crippen LogP contribution >= 0.6 is 0 Å². The van der Waals surface area contributed by atoms with E-state index in [1.165, 1.54) is 6.07 Å². The molecule has 2 heterocycles. The number of hydrogen-bond acceptors (Lipinski definition) is 5. The van der Waals surface area contributed by atoms with E-state index in [1.807, 2.05) is 31.2 Å². The van der Waals surface area contributed by atoms with Gasteiger partial charge in [-0.25, -0.2) is 4.98 Å². The maximum atomic E-state index is 12.8. The molecule has 27 heavy (non-hydrogen) atoms. The Morgan fingerprint density at radius 3 is 3.04 bits per heavy atom. The van der Waals surface area contributed by atoms with Gasteiger partial charge in [-0.1, -0.05) is 19.1 Å². The Balaban J connectivity index is 1.58. The first-order chi connectivity index (χ1) is 13.1. The molecule has 1 atom stereocenters. The van der Waals surface area contributed by atoms with Crippen LogP contribution in [0.1, 0.15) is 42.8 Å². The molecule has 0 bridgehead atoms. The highest BCUT2D eigenvalue weighted by Crippen LogP contribution is 2.30. The van der Waals surface area contributed by atoms with Crippen molar-refractivity contribution in [1.82, 2.24) is 25.4 Å². The lowest BCUT2D eigenvalue weighted by molar-refractivity contribution is -0.118. The number of benzene rings is 1. The summed E-state index contributed by atoms with van der Waals surface area (Å²) >= 11 is 0. The number of fused-ring (bicyclic) bond motifs is 1. The fourth-order valence-electron chi connectivity index (χ4n) is 3.39. The molecule has 0 aliphatic heterocycles. The Morgan fingerprint density at radius 2 is 2.19 bits per heavy atom. The van der Waals surface area contributed by atoms with Crippen molar-refractivity contribution in [3.05, 3.63) is 57.8 Å². The van der Waals surface area contributed by atoms with Crippen LogP contribution in [0.15, 0.2) is 35.1 Å². The zero-order valence-electron chi connectivity index (χ0n) is 15.0. The van der Waals surface area contributed by atoms with Gasteiger partial charge in [-0.2, -0.15) is 15.4 Å². The van der Waals surface area contributed by atoms with Crippen molar-refractivity contribution in [3.8, 4) is 11.4 Å². The SMILES string of the molecule is CCc1cc(=O)[nH]c(-c2cccc(NC(=O)C3CCCc4n[nH]nc43)c2)n1. The third-order valence-electron chi connectivity index (χ3n) is 4.76. The molecule has 3 aromatic rings. The van der Waals surface area contributed by atoms with E-state index in [2.05, 4.69) is 30.7 Å². The van der Waals surface area contributed by atoms with Gasteiger partial charge in [0.05, 0.1) is 17.3 Å². The van der Waals surface area contributed by atoms with Crippen LogP contribution in [0, 0.1) is 0 Å². The lowest BCUT2D eigenvalue weighted by Crippen LogP contribution is -2.25. The number of amides is 1. The van der Waals surface area contributed by atoms with Crippen molar-refractivity contribution in [1.29, 1.82) is 0 Å². The quantitative estimate of drug-likeness (QED) is 0.656. The molecule has 0 saturated carbocycles. The second-order valence-electron chi connectivity index (χ2n) is 6.61. The van der Waals surface area contributed by atoms with E-state index in [9.17, 15) is 9.59 Å². The Kier molecular flexibility index (Phi) is 4.53. The highest BCUT2D eigenvalue weighted by molar-refractivity contribution is 5.96. The van der Waals surface area contributed by atoms with E-state index in [0.29, 0.717) is 17.9 Å². The number of aromatic nitrogens is 5. The summed E-state index contributed by atoms with van der Waals surface area (Å²) < 4.78 is 0.